The second kappa shape index (κ2) is 9.68. The molecule has 1 fully saturated rings. The van der Waals surface area contributed by atoms with Crippen LogP contribution in [0.25, 0.3) is 11.1 Å². The summed E-state index contributed by atoms with van der Waals surface area (Å²) in [5.74, 6) is -0.719. The highest BCUT2D eigenvalue weighted by Crippen LogP contribution is 2.38. The van der Waals surface area contributed by atoms with Crippen molar-refractivity contribution < 1.29 is 27.5 Å². The van der Waals surface area contributed by atoms with Crippen molar-refractivity contribution in [2.45, 2.75) is 31.7 Å². The number of urea groups is 1. The molecule has 1 aliphatic heterocycles. The van der Waals surface area contributed by atoms with E-state index in [2.05, 4.69) is 10.1 Å². The second-order valence-corrected chi connectivity index (χ2v) is 8.02. The number of hydrogen-bond acceptors (Lipinski definition) is 3. The smallest absolute Gasteiger partial charge is 0.405 e. The fraction of sp³-hybridized carbons (Fsp3) is 0.364. The molecule has 2 aromatic rings. The zero-order valence-electron chi connectivity index (χ0n) is 17.6. The average molecular weight is 470 g/mol. The molecule has 6 nitrogen and oxygen atoms in total. The zero-order chi connectivity index (χ0) is 23.5. The number of halogens is 4. The topological polar surface area (TPSA) is 61.9 Å². The van der Waals surface area contributed by atoms with Crippen LogP contribution in [0.4, 0.5) is 23.7 Å². The predicted octanol–water partition coefficient (Wildman–Crippen LogP) is 5.38. The number of anilines is 1. The normalized spacial score (nSPS) is 16.4. The van der Waals surface area contributed by atoms with Crippen LogP contribution in [-0.2, 0) is 4.79 Å². The van der Waals surface area contributed by atoms with Gasteiger partial charge >= 0.3 is 12.4 Å². The maximum Gasteiger partial charge on any atom is 0.573 e. The van der Waals surface area contributed by atoms with Crippen LogP contribution in [0.5, 0.6) is 5.75 Å². The number of amides is 3. The van der Waals surface area contributed by atoms with Gasteiger partial charge in [0.2, 0.25) is 5.91 Å². The molecule has 1 aliphatic rings. The van der Waals surface area contributed by atoms with Crippen LogP contribution in [0.3, 0.4) is 0 Å². The quantitative estimate of drug-likeness (QED) is 0.654. The number of likely N-dealkylation sites (tertiary alicyclic amines) is 1. The molecule has 1 heterocycles. The van der Waals surface area contributed by atoms with Gasteiger partial charge in [-0.3, -0.25) is 4.79 Å². The predicted molar refractivity (Wildman–Crippen MR) is 116 cm³/mol. The molecule has 1 saturated heterocycles. The molecular weight excluding hydrogens is 447 g/mol. The first-order chi connectivity index (χ1) is 15.1. The van der Waals surface area contributed by atoms with Crippen LogP contribution in [0.1, 0.15) is 19.3 Å². The summed E-state index contributed by atoms with van der Waals surface area (Å²) in [6.45, 7) is 0.491. The van der Waals surface area contributed by atoms with Crippen LogP contribution in [0.2, 0.25) is 5.02 Å². The molecule has 0 aromatic heterocycles. The monoisotopic (exact) mass is 469 g/mol. The zero-order valence-corrected chi connectivity index (χ0v) is 18.3. The van der Waals surface area contributed by atoms with Gasteiger partial charge in [-0.2, -0.15) is 0 Å². The van der Waals surface area contributed by atoms with E-state index in [1.54, 1.807) is 31.1 Å². The van der Waals surface area contributed by atoms with E-state index in [1.807, 2.05) is 0 Å². The van der Waals surface area contributed by atoms with E-state index in [4.69, 9.17) is 11.6 Å². The molecule has 0 saturated carbocycles. The van der Waals surface area contributed by atoms with Crippen molar-refractivity contribution in [1.82, 2.24) is 9.80 Å². The second-order valence-electron chi connectivity index (χ2n) is 7.61. The average Bonchev–Trinajstić information content (AvgIpc) is 2.73. The number of para-hydroxylation sites is 1. The van der Waals surface area contributed by atoms with Crippen molar-refractivity contribution in [3.8, 4) is 16.9 Å². The van der Waals surface area contributed by atoms with Gasteiger partial charge in [0.05, 0.1) is 5.02 Å². The summed E-state index contributed by atoms with van der Waals surface area (Å²) in [7, 11) is 3.26. The Bertz CT molecular complexity index is 998. The Morgan fingerprint density at radius 3 is 2.50 bits per heavy atom. The van der Waals surface area contributed by atoms with Crippen molar-refractivity contribution in [2.75, 3.05) is 26.0 Å². The lowest BCUT2D eigenvalue weighted by atomic mass is 10.0. The molecule has 1 atom stereocenters. The number of benzene rings is 2. The molecule has 1 N–H and O–H groups in total. The third-order valence-corrected chi connectivity index (χ3v) is 5.39. The molecule has 2 aromatic carbocycles. The number of piperidine rings is 1. The van der Waals surface area contributed by atoms with Crippen molar-refractivity contribution in [3.05, 3.63) is 47.5 Å². The van der Waals surface area contributed by atoms with Gasteiger partial charge in [0, 0.05) is 37.5 Å². The summed E-state index contributed by atoms with van der Waals surface area (Å²) >= 11 is 6.34. The minimum absolute atomic E-state index is 0.144. The lowest BCUT2D eigenvalue weighted by Crippen LogP contribution is -2.53. The molecule has 10 heteroatoms. The van der Waals surface area contributed by atoms with E-state index < -0.39 is 12.4 Å². The molecule has 0 aliphatic carbocycles. The van der Waals surface area contributed by atoms with Gasteiger partial charge in [0.25, 0.3) is 0 Å². The minimum atomic E-state index is -4.84. The highest BCUT2D eigenvalue weighted by atomic mass is 35.5. The van der Waals surface area contributed by atoms with E-state index in [9.17, 15) is 22.8 Å². The third kappa shape index (κ3) is 5.64. The summed E-state index contributed by atoms with van der Waals surface area (Å²) in [6, 6.07) is 9.34. The Labute approximate surface area is 188 Å². The molecular formula is C22H23ClF3N3O3. The Morgan fingerprint density at radius 2 is 1.84 bits per heavy atom. The lowest BCUT2D eigenvalue weighted by Gasteiger charge is -2.36. The highest BCUT2D eigenvalue weighted by molar-refractivity contribution is 6.33. The van der Waals surface area contributed by atoms with E-state index in [0.717, 1.165) is 12.8 Å². The van der Waals surface area contributed by atoms with Crippen LogP contribution >= 0.6 is 11.6 Å². The third-order valence-electron chi connectivity index (χ3n) is 5.07. The Morgan fingerprint density at radius 1 is 1.12 bits per heavy atom. The molecule has 0 spiro atoms. The van der Waals surface area contributed by atoms with Gasteiger partial charge in [-0.15, -0.1) is 13.2 Å². The minimum Gasteiger partial charge on any atom is -0.405 e. The van der Waals surface area contributed by atoms with E-state index >= 15 is 0 Å². The van der Waals surface area contributed by atoms with Gasteiger partial charge in [-0.1, -0.05) is 35.9 Å². The summed E-state index contributed by atoms with van der Waals surface area (Å²) < 4.78 is 42.3. The first kappa shape index (κ1) is 23.7. The van der Waals surface area contributed by atoms with E-state index in [0.29, 0.717) is 24.2 Å². The van der Waals surface area contributed by atoms with Gasteiger partial charge < -0.3 is 19.9 Å². The van der Waals surface area contributed by atoms with Crippen LogP contribution in [0, 0.1) is 0 Å². The summed E-state index contributed by atoms with van der Waals surface area (Å²) in [6.07, 6.45) is -2.65. The SMILES string of the molecule is CN(C)C(=O)N1CCCCC1C(=O)Nc1ccc(-c2ccccc2OC(F)(F)F)c(Cl)c1. The van der Waals surface area contributed by atoms with Crippen LogP contribution in [0.15, 0.2) is 42.5 Å². The molecule has 0 radical (unpaired) electrons. The molecule has 32 heavy (non-hydrogen) atoms. The Kier molecular flexibility index (Phi) is 7.18. The summed E-state index contributed by atoms with van der Waals surface area (Å²) in [5, 5.41) is 2.91. The number of ether oxygens (including phenoxy) is 1. The number of rotatable bonds is 4. The highest BCUT2D eigenvalue weighted by Gasteiger charge is 2.34. The Hall–Kier alpha value is -2.94. The number of nitrogens with one attached hydrogen (secondary N) is 1. The molecule has 3 rings (SSSR count). The first-order valence-electron chi connectivity index (χ1n) is 10.0. The van der Waals surface area contributed by atoms with Gasteiger partial charge in [0.15, 0.2) is 0 Å². The maximum absolute atomic E-state index is 12.9. The number of carbonyl (C=O) groups excluding carboxylic acids is 2. The van der Waals surface area contributed by atoms with Crippen molar-refractivity contribution in [3.63, 3.8) is 0 Å². The van der Waals surface area contributed by atoms with Gasteiger partial charge in [-0.05, 0) is 37.5 Å². The van der Waals surface area contributed by atoms with Crippen molar-refractivity contribution >= 4 is 29.2 Å². The lowest BCUT2D eigenvalue weighted by molar-refractivity contribution is -0.274. The number of hydrogen-bond donors (Lipinski definition) is 1. The summed E-state index contributed by atoms with van der Waals surface area (Å²) in [5.41, 5.74) is 0.870. The fourth-order valence-corrected chi connectivity index (χ4v) is 3.91. The first-order valence-corrected chi connectivity index (χ1v) is 10.4. The van der Waals surface area contributed by atoms with Crippen molar-refractivity contribution in [1.29, 1.82) is 0 Å². The molecule has 1 unspecified atom stereocenters. The largest absolute Gasteiger partial charge is 0.573 e. The standard InChI is InChI=1S/C22H23ClF3N3O3/c1-28(2)21(31)29-12-6-5-8-18(29)20(30)27-14-10-11-15(17(23)13-14)16-7-3-4-9-19(16)32-22(24,25)26/h3-4,7,9-11,13,18H,5-6,8,12H2,1-2H3,(H,27,30). The molecule has 0 bridgehead atoms. The van der Waals surface area contributed by atoms with Gasteiger partial charge in [-0.25, -0.2) is 4.79 Å². The summed E-state index contributed by atoms with van der Waals surface area (Å²) in [4.78, 5) is 28.3. The fourth-order valence-electron chi connectivity index (χ4n) is 3.63. The van der Waals surface area contributed by atoms with Crippen LogP contribution in [-0.4, -0.2) is 54.8 Å². The number of nitrogens with zero attached hydrogens (tertiary/aromatic N) is 2. The van der Waals surface area contributed by atoms with Crippen molar-refractivity contribution in [2.24, 2.45) is 0 Å². The van der Waals surface area contributed by atoms with Gasteiger partial charge in [0.1, 0.15) is 11.8 Å². The Balaban J connectivity index is 1.80. The van der Waals surface area contributed by atoms with E-state index in [1.165, 1.54) is 35.2 Å². The number of carbonyl (C=O) groups is 2. The molecule has 3 amide bonds. The van der Waals surface area contributed by atoms with Crippen LogP contribution < -0.4 is 10.1 Å². The molecule has 172 valence electrons. The van der Waals surface area contributed by atoms with E-state index in [-0.39, 0.29) is 28.3 Å². The number of alkyl halides is 3. The maximum atomic E-state index is 12.9.